The molecule has 9 heteroatoms. The Labute approximate surface area is 189 Å². The zero-order valence-electron chi connectivity index (χ0n) is 17.9. The van der Waals surface area contributed by atoms with Gasteiger partial charge in [-0.25, -0.2) is 9.78 Å². The highest BCUT2D eigenvalue weighted by atomic mass is 32.1. The standard InChI is InChI=1S/C23H23N3O5S/c1-23(2)12-15-10-7-11-16(19(15)31-23)30-13-17(27)24-20-18(14-8-5-4-6-9-14)25-21(32-20)26-22(28)29-3/h4-11H,12-13H2,1-3H3,(H,24,27)(H,25,26,28). The highest BCUT2D eigenvalue weighted by Gasteiger charge is 2.32. The normalized spacial score (nSPS) is 13.6. The SMILES string of the molecule is COC(=O)Nc1nc(-c2ccccc2)c(NC(=O)COc2cccc3c2OC(C)(C)C3)s1. The molecule has 4 rings (SSSR count). The molecule has 166 valence electrons. The largest absolute Gasteiger partial charge is 0.483 e. The van der Waals surface area contributed by atoms with Crippen molar-refractivity contribution in [2.75, 3.05) is 24.4 Å². The number of hydrogen-bond donors (Lipinski definition) is 2. The van der Waals surface area contributed by atoms with E-state index in [0.717, 1.165) is 28.9 Å². The molecule has 1 aromatic heterocycles. The van der Waals surface area contributed by atoms with Gasteiger partial charge in [0.1, 0.15) is 16.3 Å². The van der Waals surface area contributed by atoms with Crippen molar-refractivity contribution in [3.8, 4) is 22.8 Å². The first-order chi connectivity index (χ1) is 15.3. The molecule has 0 saturated carbocycles. The Morgan fingerprint density at radius 1 is 1.12 bits per heavy atom. The summed E-state index contributed by atoms with van der Waals surface area (Å²) in [6.07, 6.45) is 0.142. The fourth-order valence-electron chi connectivity index (χ4n) is 3.40. The summed E-state index contributed by atoms with van der Waals surface area (Å²) in [5, 5.41) is 6.17. The van der Waals surface area contributed by atoms with Gasteiger partial charge in [-0.15, -0.1) is 0 Å². The third-order valence-corrected chi connectivity index (χ3v) is 5.62. The van der Waals surface area contributed by atoms with Gasteiger partial charge in [0, 0.05) is 17.5 Å². The van der Waals surface area contributed by atoms with Crippen molar-refractivity contribution in [1.29, 1.82) is 0 Å². The Bertz CT molecular complexity index is 1140. The number of methoxy groups -OCH3 is 1. The van der Waals surface area contributed by atoms with Crippen molar-refractivity contribution in [3.05, 3.63) is 54.1 Å². The summed E-state index contributed by atoms with van der Waals surface area (Å²) in [4.78, 5) is 28.7. The van der Waals surface area contributed by atoms with Gasteiger partial charge in [-0.3, -0.25) is 10.1 Å². The quantitative estimate of drug-likeness (QED) is 0.560. The number of benzene rings is 2. The van der Waals surface area contributed by atoms with Gasteiger partial charge in [0.2, 0.25) is 0 Å². The minimum absolute atomic E-state index is 0.202. The highest BCUT2D eigenvalue weighted by Crippen LogP contribution is 2.42. The Morgan fingerprint density at radius 3 is 2.66 bits per heavy atom. The molecule has 1 aliphatic rings. The first-order valence-electron chi connectivity index (χ1n) is 9.99. The van der Waals surface area contributed by atoms with Gasteiger partial charge in [0.15, 0.2) is 23.2 Å². The summed E-state index contributed by atoms with van der Waals surface area (Å²) >= 11 is 1.13. The fourth-order valence-corrected chi connectivity index (χ4v) is 4.29. The molecule has 2 aromatic carbocycles. The van der Waals surface area contributed by atoms with Crippen LogP contribution in [-0.2, 0) is 16.0 Å². The lowest BCUT2D eigenvalue weighted by molar-refractivity contribution is -0.118. The maximum absolute atomic E-state index is 12.7. The maximum Gasteiger partial charge on any atom is 0.413 e. The van der Waals surface area contributed by atoms with E-state index in [1.54, 1.807) is 6.07 Å². The van der Waals surface area contributed by atoms with Gasteiger partial charge < -0.3 is 19.5 Å². The molecule has 1 aliphatic heterocycles. The second-order valence-corrected chi connectivity index (χ2v) is 8.80. The number of ether oxygens (including phenoxy) is 3. The Balaban J connectivity index is 1.49. The van der Waals surface area contributed by atoms with E-state index in [4.69, 9.17) is 9.47 Å². The van der Waals surface area contributed by atoms with E-state index in [2.05, 4.69) is 20.4 Å². The Hall–Kier alpha value is -3.59. The van der Waals surface area contributed by atoms with E-state index in [1.165, 1.54) is 7.11 Å². The summed E-state index contributed by atoms with van der Waals surface area (Å²) in [5.74, 6) is 0.854. The summed E-state index contributed by atoms with van der Waals surface area (Å²) in [5.41, 5.74) is 2.09. The number of rotatable bonds is 6. The molecule has 0 bridgehead atoms. The molecule has 32 heavy (non-hydrogen) atoms. The first-order valence-corrected chi connectivity index (χ1v) is 10.8. The lowest BCUT2D eigenvalue weighted by atomic mass is 10.0. The van der Waals surface area contributed by atoms with Crippen LogP contribution >= 0.6 is 11.3 Å². The summed E-state index contributed by atoms with van der Waals surface area (Å²) in [6, 6.07) is 15.0. The van der Waals surface area contributed by atoms with Crippen LogP contribution in [0.2, 0.25) is 0 Å². The molecule has 8 nitrogen and oxygen atoms in total. The number of carbonyl (C=O) groups excluding carboxylic acids is 2. The van der Waals surface area contributed by atoms with Crippen LogP contribution in [-0.4, -0.2) is 36.3 Å². The molecule has 2 N–H and O–H groups in total. The molecule has 2 amide bonds. The molecule has 0 atom stereocenters. The minimum Gasteiger partial charge on any atom is -0.483 e. The first kappa shape index (κ1) is 21.6. The van der Waals surface area contributed by atoms with Gasteiger partial charge in [-0.05, 0) is 19.9 Å². The Kier molecular flexibility index (Phi) is 6.00. The number of fused-ring (bicyclic) bond motifs is 1. The smallest absolute Gasteiger partial charge is 0.413 e. The topological polar surface area (TPSA) is 98.8 Å². The van der Waals surface area contributed by atoms with Crippen molar-refractivity contribution in [2.24, 2.45) is 0 Å². The number of nitrogens with one attached hydrogen (secondary N) is 2. The fraction of sp³-hybridized carbons (Fsp3) is 0.261. The summed E-state index contributed by atoms with van der Waals surface area (Å²) < 4.78 is 16.4. The van der Waals surface area contributed by atoms with Crippen LogP contribution in [0.5, 0.6) is 11.5 Å². The third kappa shape index (κ3) is 4.83. The predicted molar refractivity (Wildman–Crippen MR) is 123 cm³/mol. The van der Waals surface area contributed by atoms with E-state index >= 15 is 0 Å². The van der Waals surface area contributed by atoms with Crippen LogP contribution in [0, 0.1) is 0 Å². The van der Waals surface area contributed by atoms with Crippen LogP contribution in [0.3, 0.4) is 0 Å². The molecule has 2 heterocycles. The van der Waals surface area contributed by atoms with Gasteiger partial charge >= 0.3 is 6.09 Å². The summed E-state index contributed by atoms with van der Waals surface area (Å²) in [7, 11) is 1.27. The van der Waals surface area contributed by atoms with Crippen LogP contribution in [0.15, 0.2) is 48.5 Å². The number of carbonyl (C=O) groups is 2. The van der Waals surface area contributed by atoms with E-state index in [0.29, 0.717) is 27.3 Å². The molecular formula is C23H23N3O5S. The van der Waals surface area contributed by atoms with Gasteiger partial charge in [0.25, 0.3) is 5.91 Å². The molecule has 0 spiro atoms. The highest BCUT2D eigenvalue weighted by molar-refractivity contribution is 7.20. The van der Waals surface area contributed by atoms with Gasteiger partial charge in [-0.1, -0.05) is 53.8 Å². The Morgan fingerprint density at radius 2 is 1.91 bits per heavy atom. The maximum atomic E-state index is 12.7. The zero-order valence-corrected chi connectivity index (χ0v) is 18.7. The number of anilines is 2. The van der Waals surface area contributed by atoms with Crippen molar-refractivity contribution >= 4 is 33.5 Å². The molecular weight excluding hydrogens is 430 g/mol. The van der Waals surface area contributed by atoms with E-state index in [9.17, 15) is 9.59 Å². The summed E-state index contributed by atoms with van der Waals surface area (Å²) in [6.45, 7) is 3.82. The molecule has 3 aromatic rings. The number of para-hydroxylation sites is 1. The monoisotopic (exact) mass is 453 g/mol. The molecule has 0 radical (unpaired) electrons. The van der Waals surface area contributed by atoms with Crippen LogP contribution < -0.4 is 20.1 Å². The third-order valence-electron chi connectivity index (χ3n) is 4.74. The zero-order chi connectivity index (χ0) is 22.7. The lowest BCUT2D eigenvalue weighted by Crippen LogP contribution is -2.25. The number of hydrogen-bond acceptors (Lipinski definition) is 7. The van der Waals surface area contributed by atoms with E-state index in [1.807, 2.05) is 56.3 Å². The van der Waals surface area contributed by atoms with E-state index < -0.39 is 6.09 Å². The van der Waals surface area contributed by atoms with Crippen LogP contribution in [0.1, 0.15) is 19.4 Å². The van der Waals surface area contributed by atoms with Crippen LogP contribution in [0.4, 0.5) is 14.9 Å². The number of amides is 2. The molecule has 0 saturated heterocycles. The van der Waals surface area contributed by atoms with Gasteiger partial charge in [-0.2, -0.15) is 0 Å². The average molecular weight is 454 g/mol. The van der Waals surface area contributed by atoms with Crippen molar-refractivity contribution in [1.82, 2.24) is 4.98 Å². The second-order valence-electron chi connectivity index (χ2n) is 7.80. The van der Waals surface area contributed by atoms with Gasteiger partial charge in [0.05, 0.1) is 7.11 Å². The second kappa shape index (κ2) is 8.88. The van der Waals surface area contributed by atoms with Crippen molar-refractivity contribution in [2.45, 2.75) is 25.9 Å². The number of aromatic nitrogens is 1. The number of thiazole rings is 1. The van der Waals surface area contributed by atoms with Crippen molar-refractivity contribution < 1.29 is 23.8 Å². The van der Waals surface area contributed by atoms with Crippen LogP contribution in [0.25, 0.3) is 11.3 Å². The molecule has 0 aliphatic carbocycles. The average Bonchev–Trinajstić information content (AvgIpc) is 3.31. The lowest BCUT2D eigenvalue weighted by Gasteiger charge is -2.18. The molecule has 0 fully saturated rings. The molecule has 0 unspecified atom stereocenters. The van der Waals surface area contributed by atoms with E-state index in [-0.39, 0.29) is 18.1 Å². The minimum atomic E-state index is -0.638. The number of nitrogens with zero attached hydrogens (tertiary/aromatic N) is 1. The predicted octanol–water partition coefficient (Wildman–Crippen LogP) is 4.72. The van der Waals surface area contributed by atoms with Crippen molar-refractivity contribution in [3.63, 3.8) is 0 Å².